The van der Waals surface area contributed by atoms with Crippen LogP contribution in [-0.4, -0.2) is 77.1 Å². The minimum Gasteiger partial charge on any atom is -0.490 e. The summed E-state index contributed by atoms with van der Waals surface area (Å²) in [5, 5.41) is 0. The van der Waals surface area contributed by atoms with Crippen LogP contribution < -0.4 is 4.74 Å². The van der Waals surface area contributed by atoms with Crippen LogP contribution in [0.1, 0.15) is 64.7 Å². The van der Waals surface area contributed by atoms with Crippen LogP contribution in [0.4, 0.5) is 0 Å². The van der Waals surface area contributed by atoms with Crippen LogP contribution in [-0.2, 0) is 0 Å². The van der Waals surface area contributed by atoms with E-state index in [2.05, 4.69) is 51.3 Å². The van der Waals surface area contributed by atoms with Crippen molar-refractivity contribution in [2.45, 2.75) is 71.6 Å². The van der Waals surface area contributed by atoms with E-state index in [0.717, 1.165) is 63.4 Å². The second-order valence-corrected chi connectivity index (χ2v) is 11.7. The highest BCUT2D eigenvalue weighted by Gasteiger charge is 2.55. The van der Waals surface area contributed by atoms with Crippen molar-refractivity contribution in [3.63, 3.8) is 0 Å². The van der Waals surface area contributed by atoms with Crippen molar-refractivity contribution < 1.29 is 9.53 Å². The Kier molecular flexibility index (Phi) is 5.43. The largest absolute Gasteiger partial charge is 0.490 e. The molecule has 4 rings (SSSR count). The highest BCUT2D eigenvalue weighted by molar-refractivity contribution is 5.95. The van der Waals surface area contributed by atoms with Gasteiger partial charge in [0.25, 0.3) is 5.91 Å². The first kappa shape index (κ1) is 21.6. The number of hydrogen-bond acceptors (Lipinski definition) is 4. The molecule has 1 spiro atoms. The lowest BCUT2D eigenvalue weighted by atomic mass is 9.71. The number of carbonyl (C=O) groups is 1. The number of likely N-dealkylation sites (tertiary alicyclic amines) is 3. The standard InChI is InChI=1S/C25H39N3O2/c1-23(2,3)27-13-11-21(12-14-27)30-20-9-7-19(8-10-20)22(29)26-15-25(16-26)17-28(18-25)24(4,5)6/h7-10,21H,11-18H2,1-6H3. The maximum atomic E-state index is 12.8. The number of benzene rings is 1. The van der Waals surface area contributed by atoms with E-state index in [1.54, 1.807) is 0 Å². The molecular weight excluding hydrogens is 374 g/mol. The molecule has 0 saturated carbocycles. The van der Waals surface area contributed by atoms with Crippen LogP contribution in [0.25, 0.3) is 0 Å². The fourth-order valence-corrected chi connectivity index (χ4v) is 5.04. The molecule has 1 amide bonds. The summed E-state index contributed by atoms with van der Waals surface area (Å²) in [4.78, 5) is 19.9. The molecule has 3 aliphatic heterocycles. The first-order chi connectivity index (χ1) is 14.0. The van der Waals surface area contributed by atoms with Crippen LogP contribution in [0.2, 0.25) is 0 Å². The van der Waals surface area contributed by atoms with Gasteiger partial charge in [0.15, 0.2) is 0 Å². The van der Waals surface area contributed by atoms with Gasteiger partial charge in [0.05, 0.1) is 0 Å². The van der Waals surface area contributed by atoms with E-state index >= 15 is 0 Å². The minimum absolute atomic E-state index is 0.153. The second-order valence-electron chi connectivity index (χ2n) is 11.7. The summed E-state index contributed by atoms with van der Waals surface area (Å²) in [7, 11) is 0. The first-order valence-corrected chi connectivity index (χ1v) is 11.5. The highest BCUT2D eigenvalue weighted by Crippen LogP contribution is 2.43. The molecule has 30 heavy (non-hydrogen) atoms. The van der Waals surface area contributed by atoms with Gasteiger partial charge in [-0.25, -0.2) is 0 Å². The van der Waals surface area contributed by atoms with E-state index < -0.39 is 0 Å². The van der Waals surface area contributed by atoms with Crippen LogP contribution >= 0.6 is 0 Å². The second kappa shape index (κ2) is 7.52. The quantitative estimate of drug-likeness (QED) is 0.753. The van der Waals surface area contributed by atoms with Crippen molar-refractivity contribution in [2.24, 2.45) is 5.41 Å². The maximum absolute atomic E-state index is 12.8. The molecule has 0 aliphatic carbocycles. The molecule has 0 N–H and O–H groups in total. The van der Waals surface area contributed by atoms with E-state index in [-0.39, 0.29) is 23.1 Å². The zero-order valence-corrected chi connectivity index (χ0v) is 19.7. The van der Waals surface area contributed by atoms with Gasteiger partial charge in [-0.2, -0.15) is 0 Å². The number of hydrogen-bond donors (Lipinski definition) is 0. The molecule has 3 saturated heterocycles. The van der Waals surface area contributed by atoms with Gasteiger partial charge in [0.1, 0.15) is 11.9 Å². The van der Waals surface area contributed by atoms with E-state index in [1.807, 2.05) is 29.2 Å². The number of piperidine rings is 1. The molecule has 3 heterocycles. The Hall–Kier alpha value is -1.59. The summed E-state index contributed by atoms with van der Waals surface area (Å²) in [6, 6.07) is 7.78. The smallest absolute Gasteiger partial charge is 0.253 e. The zero-order valence-electron chi connectivity index (χ0n) is 19.7. The summed E-state index contributed by atoms with van der Waals surface area (Å²) >= 11 is 0. The molecule has 0 radical (unpaired) electrons. The van der Waals surface area contributed by atoms with Crippen molar-refractivity contribution in [3.8, 4) is 5.75 Å². The topological polar surface area (TPSA) is 36.0 Å². The fraction of sp³-hybridized carbons (Fsp3) is 0.720. The van der Waals surface area contributed by atoms with Gasteiger partial charge in [-0.3, -0.25) is 14.6 Å². The van der Waals surface area contributed by atoms with Crippen LogP contribution in [0, 0.1) is 5.41 Å². The lowest BCUT2D eigenvalue weighted by molar-refractivity contribution is -0.130. The summed E-state index contributed by atoms with van der Waals surface area (Å²) < 4.78 is 6.20. The molecule has 0 unspecified atom stereocenters. The summed E-state index contributed by atoms with van der Waals surface area (Å²) in [6.45, 7) is 19.8. The molecule has 0 aromatic heterocycles. The monoisotopic (exact) mass is 413 g/mol. The molecule has 166 valence electrons. The van der Waals surface area contributed by atoms with Crippen molar-refractivity contribution in [1.29, 1.82) is 0 Å². The molecule has 5 heteroatoms. The van der Waals surface area contributed by atoms with Crippen LogP contribution in [0.15, 0.2) is 24.3 Å². The van der Waals surface area contributed by atoms with Gasteiger partial charge in [0, 0.05) is 61.3 Å². The third kappa shape index (κ3) is 4.38. The van der Waals surface area contributed by atoms with Gasteiger partial charge >= 0.3 is 0 Å². The molecule has 0 bridgehead atoms. The third-order valence-corrected chi connectivity index (χ3v) is 7.14. The lowest BCUT2D eigenvalue weighted by Gasteiger charge is -2.63. The predicted octanol–water partition coefficient (Wildman–Crippen LogP) is 3.88. The van der Waals surface area contributed by atoms with Crippen molar-refractivity contribution in [3.05, 3.63) is 29.8 Å². The average molecular weight is 414 g/mol. The zero-order chi connectivity index (χ0) is 21.7. The summed E-state index contributed by atoms with van der Waals surface area (Å²) in [5.74, 6) is 1.03. The first-order valence-electron chi connectivity index (χ1n) is 11.5. The molecule has 0 atom stereocenters. The highest BCUT2D eigenvalue weighted by atomic mass is 16.5. The van der Waals surface area contributed by atoms with E-state index in [9.17, 15) is 4.79 Å². The van der Waals surface area contributed by atoms with E-state index in [0.29, 0.717) is 5.41 Å². The molecule has 1 aromatic rings. The van der Waals surface area contributed by atoms with Gasteiger partial charge in [-0.1, -0.05) is 0 Å². The Balaban J connectivity index is 1.24. The number of carbonyl (C=O) groups excluding carboxylic acids is 1. The maximum Gasteiger partial charge on any atom is 0.253 e. The summed E-state index contributed by atoms with van der Waals surface area (Å²) in [6.07, 6.45) is 2.38. The Bertz CT molecular complexity index is 753. The molecule has 3 aliphatic rings. The van der Waals surface area contributed by atoms with E-state index in [4.69, 9.17) is 4.74 Å². The fourth-order valence-electron chi connectivity index (χ4n) is 5.04. The van der Waals surface area contributed by atoms with Gasteiger partial charge in [-0.05, 0) is 78.6 Å². The Morgan fingerprint density at radius 3 is 1.90 bits per heavy atom. The van der Waals surface area contributed by atoms with Gasteiger partial charge in [0.2, 0.25) is 0 Å². The minimum atomic E-state index is 0.153. The number of amides is 1. The Morgan fingerprint density at radius 1 is 0.867 bits per heavy atom. The number of nitrogens with zero attached hydrogens (tertiary/aromatic N) is 3. The van der Waals surface area contributed by atoms with E-state index in [1.165, 1.54) is 0 Å². The predicted molar refractivity (Wildman–Crippen MR) is 121 cm³/mol. The van der Waals surface area contributed by atoms with Crippen LogP contribution in [0.5, 0.6) is 5.75 Å². The lowest BCUT2D eigenvalue weighted by Crippen LogP contribution is -2.75. The van der Waals surface area contributed by atoms with Crippen LogP contribution in [0.3, 0.4) is 0 Å². The Morgan fingerprint density at radius 2 is 1.40 bits per heavy atom. The molecule has 3 fully saturated rings. The number of rotatable bonds is 3. The van der Waals surface area contributed by atoms with Crippen molar-refractivity contribution in [1.82, 2.24) is 14.7 Å². The van der Waals surface area contributed by atoms with Crippen molar-refractivity contribution in [2.75, 3.05) is 39.3 Å². The third-order valence-electron chi connectivity index (χ3n) is 7.14. The average Bonchev–Trinajstić information content (AvgIpc) is 2.58. The van der Waals surface area contributed by atoms with Crippen molar-refractivity contribution >= 4 is 5.91 Å². The number of ether oxygens (including phenoxy) is 1. The van der Waals surface area contributed by atoms with Gasteiger partial charge < -0.3 is 9.64 Å². The summed E-state index contributed by atoms with van der Waals surface area (Å²) in [5.41, 5.74) is 1.57. The SMILES string of the molecule is CC(C)(C)N1CCC(Oc2ccc(C(=O)N3CC4(C3)CN(C(C)(C)C)C4)cc2)CC1. The Labute approximate surface area is 182 Å². The molecule has 5 nitrogen and oxygen atoms in total. The molecular formula is C25H39N3O2. The molecule has 1 aromatic carbocycles. The normalized spacial score (nSPS) is 23.2. The van der Waals surface area contributed by atoms with Gasteiger partial charge in [-0.15, -0.1) is 0 Å².